The summed E-state index contributed by atoms with van der Waals surface area (Å²) in [5.74, 6) is 4.85. The quantitative estimate of drug-likeness (QED) is 0.378. The number of halogens is 2. The molecule has 0 radical (unpaired) electrons. The fourth-order valence-electron chi connectivity index (χ4n) is 4.91. The first-order chi connectivity index (χ1) is 18.8. The van der Waals surface area contributed by atoms with Crippen molar-refractivity contribution in [2.75, 3.05) is 32.1 Å². The molecule has 0 aliphatic carbocycles. The van der Waals surface area contributed by atoms with Gasteiger partial charge >= 0.3 is 0 Å². The first-order valence-electron chi connectivity index (χ1n) is 12.4. The summed E-state index contributed by atoms with van der Waals surface area (Å²) in [5, 5.41) is 6.13. The van der Waals surface area contributed by atoms with Gasteiger partial charge in [0.15, 0.2) is 5.75 Å². The highest BCUT2D eigenvalue weighted by molar-refractivity contribution is 6.32. The van der Waals surface area contributed by atoms with Gasteiger partial charge in [-0.15, -0.1) is 0 Å². The van der Waals surface area contributed by atoms with Gasteiger partial charge in [0, 0.05) is 43.0 Å². The van der Waals surface area contributed by atoms with E-state index in [0.29, 0.717) is 47.8 Å². The lowest BCUT2D eigenvalue weighted by atomic mass is 9.87. The standard InChI is InChI=1S/C28H27ClFN5O4/c1-4-5-22(36)35-11-8-28(35,2)15-39-21-14-31-9-6-17(21)24-25(23-19(33-24)7-10-32-27(23)37)34-20-13-16(30)12-18(29)26(20)38-3/h6,9,12-14,33-34H,7-8,10-11,15H2,1-3H3,(H,32,37)/t28-/m0/s1. The van der Waals surface area contributed by atoms with Crippen LogP contribution in [0.5, 0.6) is 11.5 Å². The minimum atomic E-state index is -0.563. The van der Waals surface area contributed by atoms with E-state index in [9.17, 15) is 14.0 Å². The van der Waals surface area contributed by atoms with Crippen molar-refractivity contribution in [3.63, 3.8) is 0 Å². The van der Waals surface area contributed by atoms with Crippen LogP contribution in [-0.4, -0.2) is 59.0 Å². The van der Waals surface area contributed by atoms with E-state index in [1.54, 1.807) is 30.3 Å². The van der Waals surface area contributed by atoms with E-state index in [1.165, 1.54) is 13.2 Å². The van der Waals surface area contributed by atoms with Crippen LogP contribution in [0, 0.1) is 17.7 Å². The predicted octanol–water partition coefficient (Wildman–Crippen LogP) is 4.30. The Labute approximate surface area is 230 Å². The zero-order valence-electron chi connectivity index (χ0n) is 21.7. The number of benzene rings is 1. The first-order valence-corrected chi connectivity index (χ1v) is 12.8. The summed E-state index contributed by atoms with van der Waals surface area (Å²) in [5.41, 5.74) is 2.47. The molecular weight excluding hydrogens is 525 g/mol. The SMILES string of the molecule is CC#CC(=O)N1CC[C@@]1(C)COc1cnccc1-c1[nH]c2c(c1Nc1cc(F)cc(Cl)c1OC)C(=O)NCC2. The van der Waals surface area contributed by atoms with Crippen LogP contribution in [0.1, 0.15) is 36.3 Å². The molecule has 0 saturated carbocycles. The van der Waals surface area contributed by atoms with Crippen molar-refractivity contribution in [1.82, 2.24) is 20.2 Å². The summed E-state index contributed by atoms with van der Waals surface area (Å²) in [4.78, 5) is 34.7. The van der Waals surface area contributed by atoms with Crippen molar-refractivity contribution < 1.29 is 23.5 Å². The molecule has 202 valence electrons. The van der Waals surface area contributed by atoms with Gasteiger partial charge in [0.25, 0.3) is 11.8 Å². The molecule has 3 aromatic rings. The van der Waals surface area contributed by atoms with Gasteiger partial charge in [-0.1, -0.05) is 17.5 Å². The molecule has 0 spiro atoms. The highest BCUT2D eigenvalue weighted by atomic mass is 35.5. The summed E-state index contributed by atoms with van der Waals surface area (Å²) in [6.45, 7) is 4.88. The third-order valence-corrected chi connectivity index (χ3v) is 7.31. The van der Waals surface area contributed by atoms with Gasteiger partial charge in [-0.05, 0) is 38.3 Å². The van der Waals surface area contributed by atoms with Crippen LogP contribution in [0.25, 0.3) is 11.3 Å². The summed E-state index contributed by atoms with van der Waals surface area (Å²) in [7, 11) is 1.43. The number of carbonyl (C=O) groups excluding carboxylic acids is 2. The third kappa shape index (κ3) is 4.86. The third-order valence-electron chi connectivity index (χ3n) is 7.03. The predicted molar refractivity (Wildman–Crippen MR) is 145 cm³/mol. The number of nitrogens with zero attached hydrogens (tertiary/aromatic N) is 2. The van der Waals surface area contributed by atoms with Crippen molar-refractivity contribution in [3.8, 4) is 34.6 Å². The number of carbonyl (C=O) groups is 2. The fourth-order valence-corrected chi connectivity index (χ4v) is 5.20. The van der Waals surface area contributed by atoms with E-state index in [-0.39, 0.29) is 34.9 Å². The summed E-state index contributed by atoms with van der Waals surface area (Å²) in [6.07, 6.45) is 4.54. The zero-order chi connectivity index (χ0) is 27.7. The van der Waals surface area contributed by atoms with Gasteiger partial charge in [-0.25, -0.2) is 4.39 Å². The molecule has 1 atom stereocenters. The molecule has 2 aliphatic heterocycles. The van der Waals surface area contributed by atoms with Crippen molar-refractivity contribution in [3.05, 3.63) is 52.7 Å². The van der Waals surface area contributed by atoms with E-state index < -0.39 is 11.4 Å². The Hall–Kier alpha value is -4.23. The lowest BCUT2D eigenvalue weighted by Gasteiger charge is -2.49. The highest BCUT2D eigenvalue weighted by Crippen LogP contribution is 2.43. The zero-order valence-corrected chi connectivity index (χ0v) is 22.5. The largest absolute Gasteiger partial charge is 0.493 e. The maximum absolute atomic E-state index is 14.3. The second-order valence-corrected chi connectivity index (χ2v) is 9.97. The average Bonchev–Trinajstić information content (AvgIpc) is 3.26. The number of nitrogens with one attached hydrogen (secondary N) is 3. The molecule has 2 aromatic heterocycles. The normalized spacial score (nSPS) is 17.8. The van der Waals surface area contributed by atoms with Gasteiger partial charge in [0.1, 0.15) is 18.2 Å². The van der Waals surface area contributed by atoms with Crippen LogP contribution in [0.4, 0.5) is 15.8 Å². The van der Waals surface area contributed by atoms with Crippen LogP contribution in [-0.2, 0) is 11.2 Å². The number of pyridine rings is 1. The van der Waals surface area contributed by atoms with E-state index in [0.717, 1.165) is 18.2 Å². The van der Waals surface area contributed by atoms with Crippen LogP contribution in [0.2, 0.25) is 5.02 Å². The minimum Gasteiger partial charge on any atom is -0.493 e. The summed E-state index contributed by atoms with van der Waals surface area (Å²) >= 11 is 6.23. The Kier molecular flexibility index (Phi) is 7.10. The lowest BCUT2D eigenvalue weighted by molar-refractivity contribution is -0.141. The molecule has 3 N–H and O–H groups in total. The highest BCUT2D eigenvalue weighted by Gasteiger charge is 2.44. The molecule has 0 unspecified atom stereocenters. The Bertz CT molecular complexity index is 1530. The van der Waals surface area contributed by atoms with Crippen LogP contribution in [0.15, 0.2) is 30.6 Å². The molecule has 11 heteroatoms. The topological polar surface area (TPSA) is 109 Å². The Morgan fingerprint density at radius 2 is 2.21 bits per heavy atom. The van der Waals surface area contributed by atoms with Crippen LogP contribution in [0.3, 0.4) is 0 Å². The maximum Gasteiger partial charge on any atom is 0.299 e. The van der Waals surface area contributed by atoms with Crippen LogP contribution >= 0.6 is 11.6 Å². The fraction of sp³-hybridized carbons (Fsp3) is 0.321. The number of rotatable bonds is 7. The number of aromatic amines is 1. The number of fused-ring (bicyclic) bond motifs is 1. The second-order valence-electron chi connectivity index (χ2n) is 9.57. The van der Waals surface area contributed by atoms with Gasteiger partial charge in [0.2, 0.25) is 0 Å². The molecule has 2 amide bonds. The minimum absolute atomic E-state index is 0.0870. The summed E-state index contributed by atoms with van der Waals surface area (Å²) in [6, 6.07) is 4.17. The molecule has 4 heterocycles. The molecule has 5 rings (SSSR count). The number of hydrogen-bond donors (Lipinski definition) is 3. The molecule has 2 aliphatic rings. The number of ether oxygens (including phenoxy) is 2. The van der Waals surface area contributed by atoms with Gasteiger partial charge in [-0.3, -0.25) is 14.6 Å². The van der Waals surface area contributed by atoms with E-state index >= 15 is 0 Å². The smallest absolute Gasteiger partial charge is 0.299 e. The van der Waals surface area contributed by atoms with Crippen molar-refractivity contribution >= 4 is 34.8 Å². The number of aromatic nitrogens is 2. The number of methoxy groups -OCH3 is 1. The lowest BCUT2D eigenvalue weighted by Crippen LogP contribution is -2.63. The molecular formula is C28H27ClFN5O4. The Balaban J connectivity index is 1.54. The van der Waals surface area contributed by atoms with Gasteiger partial charge < -0.3 is 30.0 Å². The van der Waals surface area contributed by atoms with E-state index in [2.05, 4.69) is 32.4 Å². The number of hydrogen-bond acceptors (Lipinski definition) is 6. The monoisotopic (exact) mass is 551 g/mol. The first kappa shape index (κ1) is 26.4. The molecule has 39 heavy (non-hydrogen) atoms. The second kappa shape index (κ2) is 10.5. The average molecular weight is 552 g/mol. The number of likely N-dealkylation sites (tertiary alicyclic amines) is 1. The number of amides is 2. The maximum atomic E-state index is 14.3. The Morgan fingerprint density at radius 3 is 2.92 bits per heavy atom. The van der Waals surface area contributed by atoms with Crippen LogP contribution < -0.4 is 20.1 Å². The molecule has 9 nitrogen and oxygen atoms in total. The molecule has 0 bridgehead atoms. The van der Waals surface area contributed by atoms with E-state index in [4.69, 9.17) is 21.1 Å². The van der Waals surface area contributed by atoms with E-state index in [1.807, 2.05) is 6.92 Å². The van der Waals surface area contributed by atoms with Gasteiger partial charge in [0.05, 0.1) is 46.5 Å². The number of H-pyrrole nitrogens is 1. The molecule has 1 fully saturated rings. The molecule has 1 saturated heterocycles. The van der Waals surface area contributed by atoms with Crippen molar-refractivity contribution in [2.24, 2.45) is 0 Å². The van der Waals surface area contributed by atoms with Crippen molar-refractivity contribution in [1.29, 1.82) is 0 Å². The number of anilines is 2. The molecule has 1 aromatic carbocycles. The Morgan fingerprint density at radius 1 is 1.38 bits per heavy atom. The summed E-state index contributed by atoms with van der Waals surface area (Å²) < 4.78 is 26.0. The van der Waals surface area contributed by atoms with Crippen molar-refractivity contribution in [2.45, 2.75) is 32.2 Å². The van der Waals surface area contributed by atoms with Gasteiger partial charge in [-0.2, -0.15) is 0 Å².